The van der Waals surface area contributed by atoms with Crippen molar-refractivity contribution in [3.05, 3.63) is 21.9 Å². The zero-order chi connectivity index (χ0) is 9.26. The van der Waals surface area contributed by atoms with Crippen molar-refractivity contribution in [1.82, 2.24) is 0 Å². The van der Waals surface area contributed by atoms with Gasteiger partial charge in [-0.25, -0.2) is 0 Å². The van der Waals surface area contributed by atoms with Crippen molar-refractivity contribution >= 4 is 17.1 Å². The number of aryl methyl sites for hydroxylation is 1. The van der Waals surface area contributed by atoms with Crippen LogP contribution in [0.15, 0.2) is 11.4 Å². The van der Waals surface area contributed by atoms with Gasteiger partial charge in [0.05, 0.1) is 0 Å². The molecule has 2 rings (SSSR count). The molecule has 0 bridgehead atoms. The van der Waals surface area contributed by atoms with Crippen LogP contribution in [0.25, 0.3) is 0 Å². The lowest BCUT2D eigenvalue weighted by atomic mass is 9.84. The van der Waals surface area contributed by atoms with E-state index in [1.807, 2.05) is 0 Å². The summed E-state index contributed by atoms with van der Waals surface area (Å²) in [6, 6.07) is 2.17. The summed E-state index contributed by atoms with van der Waals surface area (Å²) in [6.07, 6.45) is 4.17. The Labute approximate surface area is 82.8 Å². The molecule has 0 amide bonds. The van der Waals surface area contributed by atoms with Crippen LogP contribution in [0, 0.1) is 6.92 Å². The first kappa shape index (κ1) is 8.95. The molecule has 2 heteroatoms. The molecule has 1 saturated carbocycles. The van der Waals surface area contributed by atoms with E-state index in [9.17, 15) is 4.79 Å². The Bertz CT molecular complexity index is 314. The molecule has 1 aromatic rings. The van der Waals surface area contributed by atoms with Crippen LogP contribution in [0.5, 0.6) is 0 Å². The molecule has 0 N–H and O–H groups in total. The Hall–Kier alpha value is -0.630. The number of Topliss-reactive ketones (excluding diaryl/α,β-unsaturated/α-hetero) is 1. The predicted molar refractivity (Wildman–Crippen MR) is 55.3 cm³/mol. The minimum absolute atomic E-state index is 0.221. The molecular weight excluding hydrogens is 180 g/mol. The van der Waals surface area contributed by atoms with Gasteiger partial charge in [0.2, 0.25) is 0 Å². The molecule has 1 aliphatic carbocycles. The van der Waals surface area contributed by atoms with E-state index in [0.717, 1.165) is 19.3 Å². The molecule has 1 heterocycles. The lowest BCUT2D eigenvalue weighted by Crippen LogP contribution is -2.16. The van der Waals surface area contributed by atoms with Crippen LogP contribution in [0.2, 0.25) is 0 Å². The molecule has 1 unspecified atom stereocenters. The summed E-state index contributed by atoms with van der Waals surface area (Å²) in [5.74, 6) is 0.669. The second kappa shape index (κ2) is 3.62. The molecule has 13 heavy (non-hydrogen) atoms. The average Bonchev–Trinajstić information content (AvgIpc) is 2.53. The van der Waals surface area contributed by atoms with Crippen LogP contribution in [0.4, 0.5) is 0 Å². The SMILES string of the molecule is Cc1cc(C2CCCCC2=O)cs1. The molecule has 1 fully saturated rings. The van der Waals surface area contributed by atoms with Crippen molar-refractivity contribution in [2.45, 2.75) is 38.5 Å². The van der Waals surface area contributed by atoms with Crippen molar-refractivity contribution < 1.29 is 4.79 Å². The Morgan fingerprint density at radius 3 is 2.92 bits per heavy atom. The minimum Gasteiger partial charge on any atom is -0.299 e. The van der Waals surface area contributed by atoms with Gasteiger partial charge in [-0.15, -0.1) is 11.3 Å². The highest BCUT2D eigenvalue weighted by Crippen LogP contribution is 2.32. The normalized spacial score (nSPS) is 23.5. The highest BCUT2D eigenvalue weighted by Gasteiger charge is 2.24. The standard InChI is InChI=1S/C11H14OS/c1-8-6-9(7-13-8)10-4-2-3-5-11(10)12/h6-7,10H,2-5H2,1H3. The summed E-state index contributed by atoms with van der Waals surface area (Å²) in [6.45, 7) is 2.10. The molecule has 0 aromatic carbocycles. The topological polar surface area (TPSA) is 17.1 Å². The fraction of sp³-hybridized carbons (Fsp3) is 0.545. The highest BCUT2D eigenvalue weighted by molar-refractivity contribution is 7.10. The van der Waals surface area contributed by atoms with E-state index in [0.29, 0.717) is 5.78 Å². The summed E-state index contributed by atoms with van der Waals surface area (Å²) < 4.78 is 0. The number of thiophene rings is 1. The van der Waals surface area contributed by atoms with E-state index in [1.165, 1.54) is 16.9 Å². The first-order valence-corrected chi connectivity index (χ1v) is 5.73. The zero-order valence-corrected chi connectivity index (χ0v) is 8.69. The second-order valence-corrected chi connectivity index (χ2v) is 4.87. The van der Waals surface area contributed by atoms with Crippen LogP contribution in [-0.2, 0) is 4.79 Å². The van der Waals surface area contributed by atoms with Crippen molar-refractivity contribution in [2.75, 3.05) is 0 Å². The third-order valence-corrected chi connectivity index (χ3v) is 3.59. The van der Waals surface area contributed by atoms with Crippen LogP contribution in [0.1, 0.15) is 42.0 Å². The van der Waals surface area contributed by atoms with Gasteiger partial charge in [-0.3, -0.25) is 4.79 Å². The van der Waals surface area contributed by atoms with E-state index in [-0.39, 0.29) is 5.92 Å². The maximum Gasteiger partial charge on any atom is 0.140 e. The Kier molecular flexibility index (Phi) is 2.49. The minimum atomic E-state index is 0.221. The fourth-order valence-electron chi connectivity index (χ4n) is 1.98. The number of carbonyl (C=O) groups excluding carboxylic acids is 1. The molecule has 70 valence electrons. The summed E-state index contributed by atoms with van der Waals surface area (Å²) in [5.41, 5.74) is 1.26. The van der Waals surface area contributed by atoms with Gasteiger partial charge < -0.3 is 0 Å². The van der Waals surface area contributed by atoms with E-state index in [1.54, 1.807) is 11.3 Å². The van der Waals surface area contributed by atoms with Crippen LogP contribution < -0.4 is 0 Å². The third-order valence-electron chi connectivity index (χ3n) is 2.71. The Balaban J connectivity index is 2.19. The molecule has 1 aromatic heterocycles. The fourth-order valence-corrected chi connectivity index (χ4v) is 2.74. The molecule has 1 atom stereocenters. The van der Waals surface area contributed by atoms with Gasteiger partial charge in [0.25, 0.3) is 0 Å². The lowest BCUT2D eigenvalue weighted by Gasteiger charge is -2.19. The van der Waals surface area contributed by atoms with Crippen molar-refractivity contribution in [1.29, 1.82) is 0 Å². The molecule has 1 aliphatic rings. The first-order chi connectivity index (χ1) is 6.27. The molecule has 0 aliphatic heterocycles. The summed E-state index contributed by atoms with van der Waals surface area (Å²) in [5, 5.41) is 2.14. The molecule has 0 saturated heterocycles. The number of rotatable bonds is 1. The third kappa shape index (κ3) is 1.83. The maximum absolute atomic E-state index is 11.6. The zero-order valence-electron chi connectivity index (χ0n) is 7.88. The highest BCUT2D eigenvalue weighted by atomic mass is 32.1. The van der Waals surface area contributed by atoms with E-state index < -0.39 is 0 Å². The monoisotopic (exact) mass is 194 g/mol. The van der Waals surface area contributed by atoms with Gasteiger partial charge in [0, 0.05) is 17.2 Å². The quantitative estimate of drug-likeness (QED) is 0.670. The van der Waals surface area contributed by atoms with Crippen molar-refractivity contribution in [3.63, 3.8) is 0 Å². The molecule has 1 nitrogen and oxygen atoms in total. The largest absolute Gasteiger partial charge is 0.299 e. The lowest BCUT2D eigenvalue weighted by molar-refractivity contribution is -0.121. The van der Waals surface area contributed by atoms with Gasteiger partial charge in [0.15, 0.2) is 0 Å². The number of hydrogen-bond acceptors (Lipinski definition) is 2. The first-order valence-electron chi connectivity index (χ1n) is 4.85. The molecule has 0 spiro atoms. The van der Waals surface area contributed by atoms with Crippen molar-refractivity contribution in [2.24, 2.45) is 0 Å². The maximum atomic E-state index is 11.6. The second-order valence-electron chi connectivity index (χ2n) is 3.76. The van der Waals surface area contributed by atoms with E-state index >= 15 is 0 Å². The number of hydrogen-bond donors (Lipinski definition) is 0. The van der Waals surface area contributed by atoms with Gasteiger partial charge in [-0.05, 0) is 36.8 Å². The number of carbonyl (C=O) groups is 1. The summed E-state index contributed by atoms with van der Waals surface area (Å²) in [7, 11) is 0. The van der Waals surface area contributed by atoms with Crippen LogP contribution in [-0.4, -0.2) is 5.78 Å². The van der Waals surface area contributed by atoms with Crippen molar-refractivity contribution in [3.8, 4) is 0 Å². The molecular formula is C11H14OS. The Morgan fingerprint density at radius 1 is 1.46 bits per heavy atom. The van der Waals surface area contributed by atoms with Crippen LogP contribution in [0.3, 0.4) is 0 Å². The predicted octanol–water partition coefficient (Wildman–Crippen LogP) is 3.28. The van der Waals surface area contributed by atoms with E-state index in [2.05, 4.69) is 18.4 Å². The smallest absolute Gasteiger partial charge is 0.140 e. The van der Waals surface area contributed by atoms with Gasteiger partial charge in [-0.1, -0.05) is 6.42 Å². The van der Waals surface area contributed by atoms with E-state index in [4.69, 9.17) is 0 Å². The Morgan fingerprint density at radius 2 is 2.31 bits per heavy atom. The van der Waals surface area contributed by atoms with Gasteiger partial charge >= 0.3 is 0 Å². The van der Waals surface area contributed by atoms with Gasteiger partial charge in [-0.2, -0.15) is 0 Å². The van der Waals surface area contributed by atoms with Crippen LogP contribution >= 0.6 is 11.3 Å². The molecule has 0 radical (unpaired) electrons. The van der Waals surface area contributed by atoms with Gasteiger partial charge in [0.1, 0.15) is 5.78 Å². The number of ketones is 1. The summed E-state index contributed by atoms with van der Waals surface area (Å²) >= 11 is 1.75. The summed E-state index contributed by atoms with van der Waals surface area (Å²) in [4.78, 5) is 12.9. The average molecular weight is 194 g/mol.